The predicted octanol–water partition coefficient (Wildman–Crippen LogP) is 3.49. The maximum absolute atomic E-state index is 5.94. The molecule has 0 aromatic heterocycles. The third-order valence-corrected chi connectivity index (χ3v) is 3.04. The van der Waals surface area contributed by atoms with Crippen molar-refractivity contribution >= 4 is 11.6 Å². The number of ether oxygens (including phenoxy) is 1. The molecule has 0 spiro atoms. The molecule has 4 heteroatoms. The number of nitrogens with two attached hydrogens (primary N) is 1. The number of nitrogens with one attached hydrogen (secondary N) is 1. The van der Waals surface area contributed by atoms with Crippen molar-refractivity contribution in [3.63, 3.8) is 0 Å². The number of hydrogen-bond acceptors (Lipinski definition) is 2. The first-order valence-corrected chi connectivity index (χ1v) is 7.14. The topological polar surface area (TPSA) is 59.6 Å². The smallest absolute Gasteiger partial charge is 0.193 e. The van der Waals surface area contributed by atoms with E-state index in [2.05, 4.69) is 16.9 Å². The van der Waals surface area contributed by atoms with Gasteiger partial charge in [-0.05, 0) is 30.7 Å². The van der Waals surface area contributed by atoms with Crippen molar-refractivity contribution in [2.24, 2.45) is 10.7 Å². The highest BCUT2D eigenvalue weighted by molar-refractivity contribution is 5.92. The van der Waals surface area contributed by atoms with Gasteiger partial charge in [0.1, 0.15) is 12.4 Å². The molecule has 0 fully saturated rings. The van der Waals surface area contributed by atoms with E-state index in [0.717, 1.165) is 17.0 Å². The van der Waals surface area contributed by atoms with Gasteiger partial charge in [0.05, 0.1) is 6.54 Å². The number of nitrogens with zero attached hydrogens (tertiary/aromatic N) is 1. The summed E-state index contributed by atoms with van der Waals surface area (Å²) in [4.78, 5) is 4.37. The Bertz CT molecular complexity index is 665. The van der Waals surface area contributed by atoms with Gasteiger partial charge in [0, 0.05) is 11.3 Å². The monoisotopic (exact) mass is 295 g/mol. The second kappa shape index (κ2) is 7.88. The summed E-state index contributed by atoms with van der Waals surface area (Å²) < 4.78 is 5.60. The zero-order chi connectivity index (χ0) is 15.8. The van der Waals surface area contributed by atoms with Crippen molar-refractivity contribution in [3.05, 3.63) is 72.3 Å². The molecule has 0 radical (unpaired) electrons. The van der Waals surface area contributed by atoms with Crippen molar-refractivity contribution in [2.75, 3.05) is 11.9 Å². The zero-order valence-electron chi connectivity index (χ0n) is 12.8. The van der Waals surface area contributed by atoms with Crippen molar-refractivity contribution in [2.45, 2.75) is 13.5 Å². The maximum atomic E-state index is 5.94. The summed E-state index contributed by atoms with van der Waals surface area (Å²) in [5, 5.41) is 3.09. The van der Waals surface area contributed by atoms with Crippen molar-refractivity contribution in [1.29, 1.82) is 0 Å². The lowest BCUT2D eigenvalue weighted by atomic mass is 10.2. The van der Waals surface area contributed by atoms with E-state index in [-0.39, 0.29) is 0 Å². The summed E-state index contributed by atoms with van der Waals surface area (Å²) >= 11 is 0. The standard InChI is InChI=1S/C18H21N3O/c1-3-11-22-17-10-5-4-8-15(17)13-20-18(19)21-16-9-6-7-14(2)12-16/h3-10,12H,1,11,13H2,2H3,(H3,19,20,21). The van der Waals surface area contributed by atoms with E-state index in [1.807, 2.05) is 55.5 Å². The molecule has 0 aliphatic carbocycles. The lowest BCUT2D eigenvalue weighted by molar-refractivity contribution is 0.359. The van der Waals surface area contributed by atoms with Gasteiger partial charge in [-0.2, -0.15) is 0 Å². The molecule has 4 nitrogen and oxygen atoms in total. The first kappa shape index (κ1) is 15.6. The summed E-state index contributed by atoms with van der Waals surface area (Å²) in [5.41, 5.74) is 9.02. The molecule has 3 N–H and O–H groups in total. The minimum absolute atomic E-state index is 0.379. The average Bonchev–Trinajstić information content (AvgIpc) is 2.51. The molecule has 0 amide bonds. The lowest BCUT2D eigenvalue weighted by Crippen LogP contribution is -2.22. The fraction of sp³-hybridized carbons (Fsp3) is 0.167. The highest BCUT2D eigenvalue weighted by atomic mass is 16.5. The van der Waals surface area contributed by atoms with E-state index in [0.29, 0.717) is 19.1 Å². The number of anilines is 1. The summed E-state index contributed by atoms with van der Waals surface area (Å²) in [7, 11) is 0. The van der Waals surface area contributed by atoms with E-state index in [1.54, 1.807) is 6.08 Å². The Hall–Kier alpha value is -2.75. The zero-order valence-corrected chi connectivity index (χ0v) is 12.8. The van der Waals surface area contributed by atoms with E-state index in [1.165, 1.54) is 5.56 Å². The average molecular weight is 295 g/mol. The molecule has 0 saturated heterocycles. The molecule has 2 aromatic rings. The van der Waals surface area contributed by atoms with Crippen LogP contribution in [0.25, 0.3) is 0 Å². The molecule has 114 valence electrons. The number of aliphatic imine (C=N–C) groups is 1. The highest BCUT2D eigenvalue weighted by Crippen LogP contribution is 2.19. The van der Waals surface area contributed by atoms with Gasteiger partial charge in [0.15, 0.2) is 5.96 Å². The molecule has 0 bridgehead atoms. The molecule has 2 rings (SSSR count). The van der Waals surface area contributed by atoms with Crippen LogP contribution in [0.15, 0.2) is 66.2 Å². The van der Waals surface area contributed by atoms with Crippen LogP contribution in [0, 0.1) is 6.92 Å². The molecule has 0 atom stereocenters. The van der Waals surface area contributed by atoms with Gasteiger partial charge in [-0.25, -0.2) is 4.99 Å². The van der Waals surface area contributed by atoms with E-state index in [4.69, 9.17) is 10.5 Å². The summed E-state index contributed by atoms with van der Waals surface area (Å²) in [6.45, 7) is 6.61. The van der Waals surface area contributed by atoms with Crippen LogP contribution in [0.5, 0.6) is 5.75 Å². The van der Waals surface area contributed by atoms with Gasteiger partial charge < -0.3 is 15.8 Å². The Morgan fingerprint density at radius 2 is 2.09 bits per heavy atom. The largest absolute Gasteiger partial charge is 0.489 e. The van der Waals surface area contributed by atoms with Gasteiger partial charge in [-0.15, -0.1) is 0 Å². The molecule has 0 aliphatic rings. The SMILES string of the molecule is C=CCOc1ccccc1CN=C(N)Nc1cccc(C)c1. The Kier molecular flexibility index (Phi) is 5.60. The minimum Gasteiger partial charge on any atom is -0.489 e. The number of hydrogen-bond donors (Lipinski definition) is 2. The van der Waals surface area contributed by atoms with Gasteiger partial charge in [0.25, 0.3) is 0 Å². The molecule has 0 aliphatic heterocycles. The number of benzene rings is 2. The van der Waals surface area contributed by atoms with Gasteiger partial charge in [-0.3, -0.25) is 0 Å². The number of aryl methyl sites for hydroxylation is 1. The Balaban J connectivity index is 2.03. The van der Waals surface area contributed by atoms with Crippen LogP contribution in [0.1, 0.15) is 11.1 Å². The molecule has 0 saturated carbocycles. The Morgan fingerprint density at radius 3 is 2.86 bits per heavy atom. The van der Waals surface area contributed by atoms with Crippen LogP contribution in [-0.2, 0) is 6.54 Å². The third-order valence-electron chi connectivity index (χ3n) is 3.04. The second-order valence-corrected chi connectivity index (χ2v) is 4.90. The van der Waals surface area contributed by atoms with Crippen LogP contribution in [0.3, 0.4) is 0 Å². The first-order chi connectivity index (χ1) is 10.7. The maximum Gasteiger partial charge on any atom is 0.193 e. The summed E-state index contributed by atoms with van der Waals surface area (Å²) in [5.74, 6) is 1.18. The molecule has 0 unspecified atom stereocenters. The van der Waals surface area contributed by atoms with Gasteiger partial charge in [-0.1, -0.05) is 43.0 Å². The number of rotatable bonds is 6. The fourth-order valence-electron chi connectivity index (χ4n) is 2.00. The first-order valence-electron chi connectivity index (χ1n) is 7.14. The van der Waals surface area contributed by atoms with E-state index in [9.17, 15) is 0 Å². The van der Waals surface area contributed by atoms with Crippen molar-refractivity contribution in [1.82, 2.24) is 0 Å². The Morgan fingerprint density at radius 1 is 1.27 bits per heavy atom. The molecule has 22 heavy (non-hydrogen) atoms. The van der Waals surface area contributed by atoms with Crippen LogP contribution in [-0.4, -0.2) is 12.6 Å². The number of guanidine groups is 1. The van der Waals surface area contributed by atoms with Crippen LogP contribution in [0.2, 0.25) is 0 Å². The fourth-order valence-corrected chi connectivity index (χ4v) is 2.00. The highest BCUT2D eigenvalue weighted by Gasteiger charge is 2.02. The summed E-state index contributed by atoms with van der Waals surface area (Å²) in [6, 6.07) is 15.8. The van der Waals surface area contributed by atoms with Crippen molar-refractivity contribution < 1.29 is 4.74 Å². The van der Waals surface area contributed by atoms with Crippen LogP contribution >= 0.6 is 0 Å². The predicted molar refractivity (Wildman–Crippen MR) is 92.3 cm³/mol. The third kappa shape index (κ3) is 4.66. The quantitative estimate of drug-likeness (QED) is 0.487. The second-order valence-electron chi connectivity index (χ2n) is 4.90. The van der Waals surface area contributed by atoms with Crippen LogP contribution in [0.4, 0.5) is 5.69 Å². The van der Waals surface area contributed by atoms with Gasteiger partial charge in [0.2, 0.25) is 0 Å². The van der Waals surface area contributed by atoms with Crippen LogP contribution < -0.4 is 15.8 Å². The van der Waals surface area contributed by atoms with E-state index >= 15 is 0 Å². The molecular weight excluding hydrogens is 274 g/mol. The van der Waals surface area contributed by atoms with Crippen molar-refractivity contribution in [3.8, 4) is 5.75 Å². The Labute approximate surface area is 131 Å². The molecule has 0 heterocycles. The van der Waals surface area contributed by atoms with Gasteiger partial charge >= 0.3 is 0 Å². The lowest BCUT2D eigenvalue weighted by Gasteiger charge is -2.09. The number of para-hydroxylation sites is 1. The molecular formula is C18H21N3O. The molecule has 2 aromatic carbocycles. The minimum atomic E-state index is 0.379. The van der Waals surface area contributed by atoms with E-state index < -0.39 is 0 Å². The normalized spacial score (nSPS) is 11.0. The summed E-state index contributed by atoms with van der Waals surface area (Å²) in [6.07, 6.45) is 1.72.